The van der Waals surface area contributed by atoms with E-state index in [1.165, 1.54) is 28.4 Å². The largest absolute Gasteiger partial charge is 0.478 e. The summed E-state index contributed by atoms with van der Waals surface area (Å²) in [5, 5.41) is 18.0. The number of carbonyl (C=O) groups is 3. The highest BCUT2D eigenvalue weighted by Crippen LogP contribution is 2.40. The fourth-order valence-electron chi connectivity index (χ4n) is 4.86. The van der Waals surface area contributed by atoms with Crippen LogP contribution in [0.1, 0.15) is 11.9 Å². The number of carbonyl (C=O) groups excluding carboxylic acids is 2. The van der Waals surface area contributed by atoms with Crippen molar-refractivity contribution in [3.63, 3.8) is 0 Å². The van der Waals surface area contributed by atoms with Gasteiger partial charge in [0.15, 0.2) is 10.8 Å². The third-order valence-corrected chi connectivity index (χ3v) is 7.68. The molecule has 13 heteroatoms. The molecule has 1 aromatic rings. The topological polar surface area (TPSA) is 127 Å². The van der Waals surface area contributed by atoms with Gasteiger partial charge in [-0.15, -0.1) is 22.9 Å². The summed E-state index contributed by atoms with van der Waals surface area (Å²) in [6.45, 7) is 2.84. The Balaban J connectivity index is 1.51. The average Bonchev–Trinajstić information content (AvgIpc) is 3.41. The molecular formula is C22H22ClFN6O4S. The van der Waals surface area contributed by atoms with Crippen molar-refractivity contribution in [1.82, 2.24) is 25.4 Å². The molecule has 184 valence electrons. The number of alkyl halides is 1. The van der Waals surface area contributed by atoms with Crippen LogP contribution >= 0.6 is 22.9 Å². The number of imide groups is 1. The van der Waals surface area contributed by atoms with Crippen LogP contribution in [-0.2, 0) is 9.59 Å². The molecule has 0 radical (unpaired) electrons. The Labute approximate surface area is 208 Å². The van der Waals surface area contributed by atoms with Crippen LogP contribution < -0.4 is 10.6 Å². The Morgan fingerprint density at radius 3 is 2.86 bits per heavy atom. The van der Waals surface area contributed by atoms with Crippen molar-refractivity contribution >= 4 is 46.7 Å². The number of urea groups is 1. The number of aliphatic imine (C=N–C) groups is 1. The van der Waals surface area contributed by atoms with E-state index < -0.39 is 40.7 Å². The maximum atomic E-state index is 14.0. The number of amidine groups is 1. The lowest BCUT2D eigenvalue weighted by Gasteiger charge is -2.39. The summed E-state index contributed by atoms with van der Waals surface area (Å²) < 4.78 is 14.0. The maximum Gasteiger partial charge on any atom is 0.335 e. The Kier molecular flexibility index (Phi) is 5.98. The number of rotatable bonds is 5. The van der Waals surface area contributed by atoms with E-state index in [4.69, 9.17) is 11.6 Å². The van der Waals surface area contributed by atoms with Gasteiger partial charge in [0.05, 0.1) is 16.5 Å². The lowest BCUT2D eigenvalue weighted by atomic mass is 9.79. The summed E-state index contributed by atoms with van der Waals surface area (Å²) in [7, 11) is 0. The van der Waals surface area contributed by atoms with Crippen molar-refractivity contribution in [3.05, 3.63) is 51.9 Å². The highest BCUT2D eigenvalue weighted by atomic mass is 35.5. The van der Waals surface area contributed by atoms with E-state index in [0.717, 1.165) is 0 Å². The first-order valence-corrected chi connectivity index (χ1v) is 12.2. The smallest absolute Gasteiger partial charge is 0.335 e. The summed E-state index contributed by atoms with van der Waals surface area (Å²) in [6.07, 6.45) is 5.70. The molecule has 0 aromatic carbocycles. The number of nitrogens with one attached hydrogen (secondary N) is 2. The molecule has 3 aliphatic heterocycles. The van der Waals surface area contributed by atoms with E-state index in [2.05, 4.69) is 20.6 Å². The molecule has 4 atom stereocenters. The normalized spacial score (nSPS) is 31.1. The molecule has 3 N–H and O–H groups in total. The Bertz CT molecular complexity index is 1210. The first-order valence-electron chi connectivity index (χ1n) is 10.9. The van der Waals surface area contributed by atoms with Crippen molar-refractivity contribution in [3.8, 4) is 0 Å². The average molecular weight is 521 g/mol. The van der Waals surface area contributed by atoms with Gasteiger partial charge in [-0.2, -0.15) is 0 Å². The molecule has 5 rings (SSSR count). The predicted molar refractivity (Wildman–Crippen MR) is 127 cm³/mol. The number of fused-ring (bicyclic) bond motifs is 1. The minimum absolute atomic E-state index is 0.0110. The van der Waals surface area contributed by atoms with Crippen LogP contribution in [0.25, 0.3) is 0 Å². The van der Waals surface area contributed by atoms with Crippen LogP contribution in [0.4, 0.5) is 9.18 Å². The second-order valence-corrected chi connectivity index (χ2v) is 10.6. The van der Waals surface area contributed by atoms with Gasteiger partial charge >= 0.3 is 12.0 Å². The van der Waals surface area contributed by atoms with Gasteiger partial charge in [0.1, 0.15) is 11.9 Å². The van der Waals surface area contributed by atoms with Gasteiger partial charge < -0.3 is 15.3 Å². The fourth-order valence-corrected chi connectivity index (χ4v) is 5.74. The molecule has 2 saturated heterocycles. The fraction of sp³-hybridized carbons (Fsp3) is 0.409. The van der Waals surface area contributed by atoms with Crippen LogP contribution in [-0.4, -0.2) is 86.8 Å². The number of nitrogens with zero attached hydrogens (tertiary/aromatic N) is 4. The summed E-state index contributed by atoms with van der Waals surface area (Å²) in [5.74, 6) is -2.29. The van der Waals surface area contributed by atoms with Crippen molar-refractivity contribution < 1.29 is 23.9 Å². The number of halogens is 2. The zero-order valence-corrected chi connectivity index (χ0v) is 20.1. The number of thiazole rings is 1. The van der Waals surface area contributed by atoms with E-state index in [1.807, 2.05) is 4.90 Å². The molecular weight excluding hydrogens is 499 g/mol. The predicted octanol–water partition coefficient (Wildman–Crippen LogP) is 1.47. The van der Waals surface area contributed by atoms with Gasteiger partial charge in [-0.3, -0.25) is 20.0 Å². The van der Waals surface area contributed by atoms with Crippen LogP contribution in [0.5, 0.6) is 0 Å². The van der Waals surface area contributed by atoms with Gasteiger partial charge in [0.25, 0.3) is 5.91 Å². The number of aromatic nitrogens is 1. The van der Waals surface area contributed by atoms with Crippen LogP contribution in [0, 0.1) is 5.92 Å². The maximum absolute atomic E-state index is 14.0. The van der Waals surface area contributed by atoms with Crippen LogP contribution in [0.2, 0.25) is 0 Å². The molecule has 10 nitrogen and oxygen atoms in total. The number of carboxylic acids is 1. The summed E-state index contributed by atoms with van der Waals surface area (Å²) in [6, 6.07) is -1.95. The number of aliphatic carboxylic acids is 1. The molecule has 35 heavy (non-hydrogen) atoms. The second kappa shape index (κ2) is 8.85. The van der Waals surface area contributed by atoms with Gasteiger partial charge in [-0.05, 0) is 19.1 Å². The van der Waals surface area contributed by atoms with E-state index in [9.17, 15) is 23.9 Å². The molecule has 2 fully saturated rings. The number of hydrogen-bond acceptors (Lipinski definition) is 8. The number of carboxylic acid groups (broad SMARTS) is 1. The van der Waals surface area contributed by atoms with E-state index in [0.29, 0.717) is 29.6 Å². The minimum Gasteiger partial charge on any atom is -0.478 e. The lowest BCUT2D eigenvalue weighted by molar-refractivity contribution is -0.133. The zero-order chi connectivity index (χ0) is 24.9. The van der Waals surface area contributed by atoms with E-state index in [1.54, 1.807) is 24.6 Å². The monoisotopic (exact) mass is 520 g/mol. The lowest BCUT2D eigenvalue weighted by Crippen LogP contribution is -2.54. The van der Waals surface area contributed by atoms with Crippen molar-refractivity contribution in [2.75, 3.05) is 26.2 Å². The molecule has 4 aliphatic rings. The Hall–Kier alpha value is -3.09. The van der Waals surface area contributed by atoms with Crippen molar-refractivity contribution in [2.45, 2.75) is 23.9 Å². The Morgan fingerprint density at radius 2 is 2.17 bits per heavy atom. The molecule has 0 spiro atoms. The summed E-state index contributed by atoms with van der Waals surface area (Å²) >= 11 is 8.00. The quantitative estimate of drug-likeness (QED) is 0.396. The van der Waals surface area contributed by atoms with Crippen molar-refractivity contribution in [1.29, 1.82) is 0 Å². The summed E-state index contributed by atoms with van der Waals surface area (Å²) in [5.41, 5.74) is 0.397. The second-order valence-electron chi connectivity index (χ2n) is 8.89. The van der Waals surface area contributed by atoms with Crippen LogP contribution in [0.3, 0.4) is 0 Å². The molecule has 1 aromatic heterocycles. The first kappa shape index (κ1) is 23.6. The molecule has 3 amide bonds. The third kappa shape index (κ3) is 4.37. The first-order chi connectivity index (χ1) is 16.6. The van der Waals surface area contributed by atoms with Gasteiger partial charge in [0.2, 0.25) is 0 Å². The van der Waals surface area contributed by atoms with E-state index in [-0.39, 0.29) is 24.6 Å². The standard InChI is InChI=1S/C22H22ClFN6O4S/c1-22(23)8-11(24)2-3-12(22)16-15(20(32)33)13(26-17(27-16)19-25-4-7-35-19)9-29-5-6-30-14(10-29)18(31)28-21(30)34/h2-4,7-8,12,14,16H,5-6,9-10H2,1H3,(H,26,27)(H,32,33)(H,28,31,34)/t12?,14-,16-,22?/m1/s1. The highest BCUT2D eigenvalue weighted by molar-refractivity contribution is 7.11. The summed E-state index contributed by atoms with van der Waals surface area (Å²) in [4.78, 5) is 47.8. The molecule has 0 bridgehead atoms. The molecule has 1 aliphatic carbocycles. The van der Waals surface area contributed by atoms with E-state index >= 15 is 0 Å². The zero-order valence-electron chi connectivity index (χ0n) is 18.6. The van der Waals surface area contributed by atoms with Gasteiger partial charge in [-0.25, -0.2) is 19.0 Å². The van der Waals surface area contributed by atoms with Crippen LogP contribution in [0.15, 0.2) is 51.9 Å². The van der Waals surface area contributed by atoms with Crippen molar-refractivity contribution in [2.24, 2.45) is 10.9 Å². The number of piperazine rings is 1. The molecule has 4 heterocycles. The Morgan fingerprint density at radius 1 is 1.37 bits per heavy atom. The number of hydrogen-bond donors (Lipinski definition) is 3. The number of allylic oxidation sites excluding steroid dienone is 3. The van der Waals surface area contributed by atoms with Gasteiger partial charge in [0, 0.05) is 49.4 Å². The SMILES string of the molecule is CC1(Cl)C=C(F)C=CC1[C@H]1N=C(c2nccs2)NC(CN2CCN3C(=O)NC(=O)[C@H]3C2)=C1C(=O)O. The third-order valence-electron chi connectivity index (χ3n) is 6.54. The van der Waals surface area contributed by atoms with Gasteiger partial charge in [-0.1, -0.05) is 6.08 Å². The molecule has 2 unspecified atom stereocenters. The number of amides is 3. The highest BCUT2D eigenvalue weighted by Gasteiger charge is 2.45. The minimum atomic E-state index is -1.21. The molecule has 0 saturated carbocycles.